The fourth-order valence-electron chi connectivity index (χ4n) is 8.81. The van der Waals surface area contributed by atoms with Crippen LogP contribution < -0.4 is 4.90 Å². The van der Waals surface area contributed by atoms with Crippen molar-refractivity contribution in [1.29, 1.82) is 0 Å². The Hall–Kier alpha value is -7.94. The molecule has 0 amide bonds. The van der Waals surface area contributed by atoms with Crippen LogP contribution in [0.5, 0.6) is 0 Å². The van der Waals surface area contributed by atoms with Crippen molar-refractivity contribution in [3.05, 3.63) is 243 Å². The number of fused-ring (bicyclic) bond motifs is 4. The van der Waals surface area contributed by atoms with E-state index in [2.05, 4.69) is 252 Å². The zero-order valence-electron chi connectivity index (χ0n) is 33.0. The largest absolute Gasteiger partial charge is 0.310 e. The molecule has 10 aromatic carbocycles. The maximum absolute atomic E-state index is 2.39. The SMILES string of the molecule is c1ccc(-c2ccc(N(c3ccc(-c4cccc(-c5ccc6c(c5)c5ccccc5n6-c5ccc(-c6ccccc6)cc5)c4)cc3)c3cccc4ccccc34)cc2)cc1. The minimum Gasteiger partial charge on any atom is -0.310 e. The zero-order chi connectivity index (χ0) is 39.8. The molecule has 0 saturated heterocycles. The van der Waals surface area contributed by atoms with Crippen LogP contribution >= 0.6 is 0 Å². The molecule has 282 valence electrons. The van der Waals surface area contributed by atoms with Gasteiger partial charge in [0.05, 0.1) is 16.7 Å². The Morgan fingerprint density at radius 1 is 0.267 bits per heavy atom. The van der Waals surface area contributed by atoms with E-state index in [1.807, 2.05) is 0 Å². The van der Waals surface area contributed by atoms with E-state index in [9.17, 15) is 0 Å². The van der Waals surface area contributed by atoms with Crippen LogP contribution in [0.4, 0.5) is 17.1 Å². The first-order valence-corrected chi connectivity index (χ1v) is 20.6. The standard InChI is InChI=1S/C58H40N2/c1-3-13-41(14-4-1)43-25-32-50(33-26-43)59(56-24-12-18-46-17-7-8-21-53(46)56)51-34-29-45(30-35-51)47-19-11-20-48(39-47)49-31-38-58-55(40-49)54-22-9-10-23-57(54)60(58)52-36-27-44(28-37-52)42-15-5-2-6-16-42/h1-40H. The lowest BCUT2D eigenvalue weighted by Crippen LogP contribution is -2.10. The first-order chi connectivity index (χ1) is 29.7. The molecule has 1 heterocycles. The summed E-state index contributed by atoms with van der Waals surface area (Å²) in [6, 6.07) is 87.8. The Bertz CT molecular complexity index is 3270. The third kappa shape index (κ3) is 6.41. The fraction of sp³-hybridized carbons (Fsp3) is 0. The number of para-hydroxylation sites is 1. The minimum absolute atomic E-state index is 1.11. The molecule has 0 saturated carbocycles. The van der Waals surface area contributed by atoms with E-state index in [-0.39, 0.29) is 0 Å². The van der Waals surface area contributed by atoms with Crippen molar-refractivity contribution in [3.63, 3.8) is 0 Å². The van der Waals surface area contributed by atoms with Gasteiger partial charge < -0.3 is 9.47 Å². The van der Waals surface area contributed by atoms with Crippen molar-refractivity contribution < 1.29 is 0 Å². The third-order valence-corrected chi connectivity index (χ3v) is 11.8. The molecule has 60 heavy (non-hydrogen) atoms. The summed E-state index contributed by atoms with van der Waals surface area (Å²) in [5, 5.41) is 4.92. The summed E-state index contributed by atoms with van der Waals surface area (Å²) in [6.07, 6.45) is 0. The van der Waals surface area contributed by atoms with Gasteiger partial charge >= 0.3 is 0 Å². The number of rotatable bonds is 8. The number of hydrogen-bond acceptors (Lipinski definition) is 1. The molecule has 0 atom stereocenters. The van der Waals surface area contributed by atoms with Crippen molar-refractivity contribution in [2.75, 3.05) is 4.90 Å². The maximum atomic E-state index is 2.39. The lowest BCUT2D eigenvalue weighted by Gasteiger charge is -2.27. The van der Waals surface area contributed by atoms with Crippen molar-refractivity contribution in [3.8, 4) is 50.2 Å². The smallest absolute Gasteiger partial charge is 0.0541 e. The van der Waals surface area contributed by atoms with Crippen LogP contribution in [-0.4, -0.2) is 4.57 Å². The molecule has 0 N–H and O–H groups in total. The zero-order valence-corrected chi connectivity index (χ0v) is 33.0. The molecule has 0 unspecified atom stereocenters. The monoisotopic (exact) mass is 764 g/mol. The lowest BCUT2D eigenvalue weighted by atomic mass is 9.97. The van der Waals surface area contributed by atoms with E-state index >= 15 is 0 Å². The van der Waals surface area contributed by atoms with Gasteiger partial charge in [0.1, 0.15) is 0 Å². The first-order valence-electron chi connectivity index (χ1n) is 20.6. The van der Waals surface area contributed by atoms with Crippen LogP contribution in [0.25, 0.3) is 82.8 Å². The van der Waals surface area contributed by atoms with Crippen molar-refractivity contribution in [2.45, 2.75) is 0 Å². The Balaban J connectivity index is 0.939. The van der Waals surface area contributed by atoms with E-state index in [0.717, 1.165) is 22.7 Å². The van der Waals surface area contributed by atoms with Crippen LogP contribution in [0.15, 0.2) is 243 Å². The predicted octanol–water partition coefficient (Wildman–Crippen LogP) is 16.1. The van der Waals surface area contributed by atoms with E-state index in [0.29, 0.717) is 0 Å². The average molecular weight is 765 g/mol. The molecule has 2 nitrogen and oxygen atoms in total. The number of aromatic nitrogens is 1. The van der Waals surface area contributed by atoms with Crippen molar-refractivity contribution in [1.82, 2.24) is 4.57 Å². The van der Waals surface area contributed by atoms with E-state index in [1.165, 1.54) is 77.1 Å². The highest BCUT2D eigenvalue weighted by molar-refractivity contribution is 6.10. The Kier molecular flexibility index (Phi) is 8.87. The van der Waals surface area contributed by atoms with Gasteiger partial charge in [-0.15, -0.1) is 0 Å². The minimum atomic E-state index is 1.11. The summed E-state index contributed by atoms with van der Waals surface area (Å²) in [5.41, 5.74) is 16.5. The normalized spacial score (nSPS) is 11.3. The summed E-state index contributed by atoms with van der Waals surface area (Å²) in [6.45, 7) is 0. The summed E-state index contributed by atoms with van der Waals surface area (Å²) < 4.78 is 2.39. The van der Waals surface area contributed by atoms with Crippen LogP contribution in [0.3, 0.4) is 0 Å². The highest BCUT2D eigenvalue weighted by Crippen LogP contribution is 2.41. The van der Waals surface area contributed by atoms with Crippen LogP contribution in [0.1, 0.15) is 0 Å². The highest BCUT2D eigenvalue weighted by Gasteiger charge is 2.17. The second kappa shape index (κ2) is 15.1. The van der Waals surface area contributed by atoms with Gasteiger partial charge in [0.25, 0.3) is 0 Å². The summed E-state index contributed by atoms with van der Waals surface area (Å²) >= 11 is 0. The van der Waals surface area contributed by atoms with Gasteiger partial charge in [-0.2, -0.15) is 0 Å². The van der Waals surface area contributed by atoms with Gasteiger partial charge in [-0.05, 0) is 117 Å². The number of benzene rings is 10. The molecule has 0 aliphatic heterocycles. The number of anilines is 3. The van der Waals surface area contributed by atoms with Gasteiger partial charge in [-0.1, -0.05) is 176 Å². The lowest BCUT2D eigenvalue weighted by molar-refractivity contribution is 1.18. The molecule has 0 radical (unpaired) electrons. The molecule has 11 rings (SSSR count). The predicted molar refractivity (Wildman–Crippen MR) is 255 cm³/mol. The molecule has 0 aliphatic rings. The molecule has 0 aliphatic carbocycles. The van der Waals surface area contributed by atoms with Crippen LogP contribution in [0.2, 0.25) is 0 Å². The highest BCUT2D eigenvalue weighted by atomic mass is 15.1. The fourth-order valence-corrected chi connectivity index (χ4v) is 8.81. The van der Waals surface area contributed by atoms with Gasteiger partial charge in [0.2, 0.25) is 0 Å². The molecular weight excluding hydrogens is 725 g/mol. The molecular formula is C58H40N2. The van der Waals surface area contributed by atoms with Gasteiger partial charge in [0, 0.05) is 33.2 Å². The molecule has 1 aromatic heterocycles. The topological polar surface area (TPSA) is 8.17 Å². The number of hydrogen-bond donors (Lipinski definition) is 0. The second-order valence-corrected chi connectivity index (χ2v) is 15.4. The Morgan fingerprint density at radius 3 is 1.37 bits per heavy atom. The third-order valence-electron chi connectivity index (χ3n) is 11.8. The van der Waals surface area contributed by atoms with E-state index in [1.54, 1.807) is 0 Å². The van der Waals surface area contributed by atoms with Crippen LogP contribution in [0, 0.1) is 0 Å². The molecule has 11 aromatic rings. The van der Waals surface area contributed by atoms with Gasteiger partial charge in [-0.25, -0.2) is 0 Å². The quantitative estimate of drug-likeness (QED) is 0.150. The molecule has 2 heteroatoms. The summed E-state index contributed by atoms with van der Waals surface area (Å²) in [7, 11) is 0. The van der Waals surface area contributed by atoms with Crippen molar-refractivity contribution in [2.24, 2.45) is 0 Å². The maximum Gasteiger partial charge on any atom is 0.0541 e. The van der Waals surface area contributed by atoms with Crippen molar-refractivity contribution >= 4 is 49.6 Å². The number of nitrogens with zero attached hydrogens (tertiary/aromatic N) is 2. The van der Waals surface area contributed by atoms with E-state index in [4.69, 9.17) is 0 Å². The van der Waals surface area contributed by atoms with Crippen LogP contribution in [-0.2, 0) is 0 Å². The van der Waals surface area contributed by atoms with E-state index < -0.39 is 0 Å². The second-order valence-electron chi connectivity index (χ2n) is 15.4. The molecule has 0 fully saturated rings. The van der Waals surface area contributed by atoms with Gasteiger partial charge in [0.15, 0.2) is 0 Å². The Labute approximate surface area is 350 Å². The Morgan fingerprint density at radius 2 is 0.700 bits per heavy atom. The van der Waals surface area contributed by atoms with Gasteiger partial charge in [-0.3, -0.25) is 0 Å². The molecule has 0 spiro atoms. The first kappa shape index (κ1) is 35.2. The summed E-state index contributed by atoms with van der Waals surface area (Å²) in [5.74, 6) is 0. The molecule has 0 bridgehead atoms. The average Bonchev–Trinajstić information content (AvgIpc) is 3.66. The summed E-state index contributed by atoms with van der Waals surface area (Å²) in [4.78, 5) is 2.38.